The molecule has 1 aromatic rings. The van der Waals surface area contributed by atoms with E-state index in [9.17, 15) is 0 Å². The maximum atomic E-state index is 2.37. The number of imidazole rings is 1. The van der Waals surface area contributed by atoms with Crippen LogP contribution in [0.3, 0.4) is 0 Å². The van der Waals surface area contributed by atoms with Crippen molar-refractivity contribution in [2.45, 2.75) is 46.0 Å². The topological polar surface area (TPSA) is 8.81 Å². The van der Waals surface area contributed by atoms with E-state index in [4.69, 9.17) is 0 Å². The van der Waals surface area contributed by atoms with Gasteiger partial charge in [0.05, 0.1) is 6.54 Å². The summed E-state index contributed by atoms with van der Waals surface area (Å²) in [5.41, 5.74) is 0. The van der Waals surface area contributed by atoms with E-state index in [2.05, 4.69) is 42.3 Å². The third-order valence-corrected chi connectivity index (χ3v) is 3.17. The van der Waals surface area contributed by atoms with E-state index in [1.165, 1.54) is 18.0 Å². The number of aromatic nitrogens is 2. The van der Waals surface area contributed by atoms with Crippen molar-refractivity contribution in [2.75, 3.05) is 5.75 Å². The minimum absolute atomic E-state index is 1.09. The second-order valence-electron chi connectivity index (χ2n) is 3.35. The maximum absolute atomic E-state index is 2.37. The third kappa shape index (κ3) is 2.77. The molecule has 0 radical (unpaired) electrons. The van der Waals surface area contributed by atoms with Gasteiger partial charge in [0.2, 0.25) is 0 Å². The van der Waals surface area contributed by atoms with Gasteiger partial charge in [-0.2, -0.15) is 0 Å². The van der Waals surface area contributed by atoms with Gasteiger partial charge < -0.3 is 0 Å². The number of nitrogens with zero attached hydrogens (tertiary/aromatic N) is 2. The van der Waals surface area contributed by atoms with Crippen molar-refractivity contribution in [3.05, 3.63) is 18.2 Å². The Hall–Kier alpha value is -0.440. The number of aryl methyl sites for hydroxylation is 1. The Morgan fingerprint density at radius 2 is 2.14 bits per heavy atom. The molecule has 0 N–H and O–H groups in total. The summed E-state index contributed by atoms with van der Waals surface area (Å²) in [6.45, 7) is 7.81. The molecule has 1 aromatic heterocycles. The van der Waals surface area contributed by atoms with Gasteiger partial charge in [-0.25, -0.2) is 9.13 Å². The van der Waals surface area contributed by atoms with Crippen LogP contribution < -0.4 is 4.57 Å². The van der Waals surface area contributed by atoms with E-state index in [1.54, 1.807) is 0 Å². The Balaban J connectivity index is 2.73. The summed E-state index contributed by atoms with van der Waals surface area (Å²) in [6.07, 6.45) is 6.75. The van der Waals surface area contributed by atoms with E-state index >= 15 is 0 Å². The number of hydrogen-bond donors (Lipinski definition) is 0. The molecular weight excluding hydrogens is 192 g/mol. The summed E-state index contributed by atoms with van der Waals surface area (Å²) < 4.78 is 4.74. The van der Waals surface area contributed by atoms with Crippen LogP contribution in [0.4, 0.5) is 0 Å². The normalized spacial score (nSPS) is 10.8. The minimum Gasteiger partial charge on any atom is -0.234 e. The summed E-state index contributed by atoms with van der Waals surface area (Å²) in [6, 6.07) is 0. The van der Waals surface area contributed by atoms with Crippen LogP contribution in [0.15, 0.2) is 12.4 Å². The molecule has 1 rings (SSSR count). The van der Waals surface area contributed by atoms with Crippen LogP contribution in [-0.4, -0.2) is 10.3 Å². The SMILES string of the molecule is CCCn1cc[n+](CSCC)c1CC. The maximum Gasteiger partial charge on any atom is 0.256 e. The van der Waals surface area contributed by atoms with Crippen LogP contribution in [0.25, 0.3) is 0 Å². The van der Waals surface area contributed by atoms with Crippen LogP contribution in [0.5, 0.6) is 0 Å². The molecule has 2 nitrogen and oxygen atoms in total. The molecular formula is C11H21N2S+. The van der Waals surface area contributed by atoms with Crippen molar-refractivity contribution in [1.29, 1.82) is 0 Å². The summed E-state index contributed by atoms with van der Waals surface area (Å²) in [5.74, 6) is 3.73. The summed E-state index contributed by atoms with van der Waals surface area (Å²) in [4.78, 5) is 0. The van der Waals surface area contributed by atoms with Crippen LogP contribution >= 0.6 is 11.8 Å². The first kappa shape index (κ1) is 11.6. The van der Waals surface area contributed by atoms with E-state index < -0.39 is 0 Å². The molecule has 1 heterocycles. The molecule has 0 aliphatic rings. The molecule has 3 heteroatoms. The monoisotopic (exact) mass is 213 g/mol. The highest BCUT2D eigenvalue weighted by Crippen LogP contribution is 2.03. The van der Waals surface area contributed by atoms with Crippen molar-refractivity contribution < 1.29 is 4.57 Å². The van der Waals surface area contributed by atoms with Gasteiger partial charge in [-0.3, -0.25) is 0 Å². The molecule has 0 aliphatic carbocycles. The van der Waals surface area contributed by atoms with E-state index in [0.29, 0.717) is 0 Å². The quantitative estimate of drug-likeness (QED) is 0.659. The summed E-state index contributed by atoms with van der Waals surface area (Å²) in [5, 5.41) is 0. The zero-order valence-electron chi connectivity index (χ0n) is 9.49. The molecule has 0 saturated carbocycles. The lowest BCUT2D eigenvalue weighted by Gasteiger charge is -2.01. The molecule has 0 amide bonds. The van der Waals surface area contributed by atoms with Gasteiger partial charge >= 0.3 is 0 Å². The fourth-order valence-electron chi connectivity index (χ4n) is 1.66. The zero-order chi connectivity index (χ0) is 10.4. The van der Waals surface area contributed by atoms with Crippen molar-refractivity contribution in [3.63, 3.8) is 0 Å². The third-order valence-electron chi connectivity index (χ3n) is 2.30. The molecule has 0 bridgehead atoms. The van der Waals surface area contributed by atoms with Crippen LogP contribution in [-0.2, 0) is 18.8 Å². The van der Waals surface area contributed by atoms with Crippen molar-refractivity contribution in [3.8, 4) is 0 Å². The van der Waals surface area contributed by atoms with Crippen molar-refractivity contribution in [1.82, 2.24) is 4.57 Å². The smallest absolute Gasteiger partial charge is 0.234 e. The predicted molar refractivity (Wildman–Crippen MR) is 62.4 cm³/mol. The van der Waals surface area contributed by atoms with E-state index in [-0.39, 0.29) is 0 Å². The average Bonchev–Trinajstić information content (AvgIpc) is 2.58. The van der Waals surface area contributed by atoms with Gasteiger partial charge in [-0.1, -0.05) is 20.8 Å². The molecule has 0 aromatic carbocycles. The number of thioether (sulfide) groups is 1. The Kier molecular flexibility index (Phi) is 5.09. The number of hydrogen-bond acceptors (Lipinski definition) is 1. The van der Waals surface area contributed by atoms with Crippen LogP contribution in [0.2, 0.25) is 0 Å². The van der Waals surface area contributed by atoms with Gasteiger partial charge in [-0.05, 0) is 12.2 Å². The molecule has 0 atom stereocenters. The zero-order valence-corrected chi connectivity index (χ0v) is 10.3. The van der Waals surface area contributed by atoms with E-state index in [1.807, 2.05) is 11.8 Å². The van der Waals surface area contributed by atoms with Gasteiger partial charge in [0, 0.05) is 6.42 Å². The number of rotatable bonds is 6. The highest BCUT2D eigenvalue weighted by molar-refractivity contribution is 7.98. The highest BCUT2D eigenvalue weighted by atomic mass is 32.2. The molecule has 0 saturated heterocycles. The average molecular weight is 213 g/mol. The fourth-order valence-corrected chi connectivity index (χ4v) is 2.27. The van der Waals surface area contributed by atoms with Gasteiger partial charge in [-0.15, -0.1) is 11.8 Å². The first-order valence-electron chi connectivity index (χ1n) is 5.48. The van der Waals surface area contributed by atoms with Crippen LogP contribution in [0, 0.1) is 0 Å². The molecule has 0 spiro atoms. The minimum atomic E-state index is 1.09. The first-order chi connectivity index (χ1) is 6.83. The first-order valence-corrected chi connectivity index (χ1v) is 6.64. The Labute approximate surface area is 91.3 Å². The molecule has 0 aliphatic heterocycles. The summed E-state index contributed by atoms with van der Waals surface area (Å²) in [7, 11) is 0. The van der Waals surface area contributed by atoms with Crippen LogP contribution in [0.1, 0.15) is 33.0 Å². The second-order valence-corrected chi connectivity index (χ2v) is 4.60. The van der Waals surface area contributed by atoms with E-state index in [0.717, 1.165) is 18.8 Å². The summed E-state index contributed by atoms with van der Waals surface area (Å²) >= 11 is 1.97. The van der Waals surface area contributed by atoms with Crippen molar-refractivity contribution >= 4 is 11.8 Å². The predicted octanol–water partition coefficient (Wildman–Crippen LogP) is 2.46. The molecule has 0 fully saturated rings. The highest BCUT2D eigenvalue weighted by Gasteiger charge is 2.13. The lowest BCUT2D eigenvalue weighted by molar-refractivity contribution is -0.683. The molecule has 14 heavy (non-hydrogen) atoms. The Morgan fingerprint density at radius 1 is 1.36 bits per heavy atom. The fraction of sp³-hybridized carbons (Fsp3) is 0.727. The van der Waals surface area contributed by atoms with Crippen molar-refractivity contribution in [2.24, 2.45) is 0 Å². The standard InChI is InChI=1S/C11H21N2S/c1-4-7-12-8-9-13(10-14-6-3)11(12)5-2/h8-9H,4-7,10H2,1-3H3/q+1. The Bertz CT molecular complexity index is 268. The Morgan fingerprint density at radius 3 is 2.71 bits per heavy atom. The van der Waals surface area contributed by atoms with Gasteiger partial charge in [0.15, 0.2) is 0 Å². The second kappa shape index (κ2) is 6.12. The van der Waals surface area contributed by atoms with Gasteiger partial charge in [0.25, 0.3) is 5.82 Å². The lowest BCUT2D eigenvalue weighted by atomic mass is 10.4. The van der Waals surface area contributed by atoms with Gasteiger partial charge in [0.1, 0.15) is 18.3 Å². The largest absolute Gasteiger partial charge is 0.256 e. The lowest BCUT2D eigenvalue weighted by Crippen LogP contribution is -2.35. The molecule has 0 unspecified atom stereocenters. The molecule has 80 valence electrons.